The zero-order valence-corrected chi connectivity index (χ0v) is 19.6. The lowest BCUT2D eigenvalue weighted by Gasteiger charge is -2.32. The number of likely N-dealkylation sites (N-methyl/N-ethyl adjacent to an activating group) is 1. The van der Waals surface area contributed by atoms with Gasteiger partial charge in [-0.05, 0) is 30.6 Å². The number of carbonyl (C=O) groups is 1. The van der Waals surface area contributed by atoms with Crippen molar-refractivity contribution < 1.29 is 14.6 Å². The Morgan fingerprint density at radius 2 is 2.00 bits per heavy atom. The summed E-state index contributed by atoms with van der Waals surface area (Å²) in [4.78, 5) is 31.5. The normalized spacial score (nSPS) is 19.4. The molecule has 4 aromatic rings. The first-order chi connectivity index (χ1) is 16.5. The summed E-state index contributed by atoms with van der Waals surface area (Å²) in [6.45, 7) is 3.41. The first kappa shape index (κ1) is 21.1. The summed E-state index contributed by atoms with van der Waals surface area (Å²) in [5.74, 6) is 0.833. The van der Waals surface area contributed by atoms with Gasteiger partial charge >= 0.3 is 0 Å². The summed E-state index contributed by atoms with van der Waals surface area (Å²) in [7, 11) is 3.69. The zero-order chi connectivity index (χ0) is 23.4. The molecule has 0 radical (unpaired) electrons. The molecule has 1 aromatic carbocycles. The number of amides is 1. The molecular weight excluding hydrogens is 452 g/mol. The number of anilines is 1. The summed E-state index contributed by atoms with van der Waals surface area (Å²) in [6, 6.07) is 7.61. The Labute approximate surface area is 199 Å². The Kier molecular flexibility index (Phi) is 5.01. The van der Waals surface area contributed by atoms with Crippen LogP contribution in [0.15, 0.2) is 35.8 Å². The molecule has 1 saturated heterocycles. The van der Waals surface area contributed by atoms with Gasteiger partial charge in [0.2, 0.25) is 5.95 Å². The number of ether oxygens (including phenoxy) is 1. The number of aromatic amines is 1. The van der Waals surface area contributed by atoms with Crippen LogP contribution < -0.4 is 15.0 Å². The number of carbonyl (C=O) groups excluding carboxylic acids is 1. The van der Waals surface area contributed by atoms with Crippen LogP contribution >= 0.6 is 11.3 Å². The zero-order valence-electron chi connectivity index (χ0n) is 18.8. The van der Waals surface area contributed by atoms with Crippen molar-refractivity contribution in [1.82, 2.24) is 25.2 Å². The van der Waals surface area contributed by atoms with Crippen molar-refractivity contribution in [3.05, 3.63) is 47.1 Å². The highest BCUT2D eigenvalue weighted by atomic mass is 32.1. The number of methoxy groups -OCH3 is 1. The molecule has 174 valence electrons. The Bertz CT molecular complexity index is 1450. The Morgan fingerprint density at radius 3 is 2.79 bits per heavy atom. The van der Waals surface area contributed by atoms with Crippen molar-refractivity contribution in [3.63, 3.8) is 0 Å². The van der Waals surface area contributed by atoms with Crippen LogP contribution in [0.1, 0.15) is 11.3 Å². The lowest BCUT2D eigenvalue weighted by atomic mass is 9.97. The van der Waals surface area contributed by atoms with Gasteiger partial charge in [0.05, 0.1) is 29.3 Å². The molecule has 2 aliphatic heterocycles. The summed E-state index contributed by atoms with van der Waals surface area (Å²) >= 11 is 1.57. The summed E-state index contributed by atoms with van der Waals surface area (Å²) in [5, 5.41) is 17.3. The number of benzene rings is 1. The van der Waals surface area contributed by atoms with Crippen LogP contribution in [0.4, 0.5) is 5.95 Å². The number of rotatable bonds is 4. The molecular formula is C24H24N6O3S. The van der Waals surface area contributed by atoms with Gasteiger partial charge in [0.25, 0.3) is 5.91 Å². The maximum atomic E-state index is 13.1. The van der Waals surface area contributed by atoms with Crippen LogP contribution in [0.2, 0.25) is 0 Å². The quantitative estimate of drug-likeness (QED) is 0.415. The smallest absolute Gasteiger partial charge is 0.254 e. The number of aliphatic hydroxyl groups excluding tert-OH is 1. The topological polar surface area (TPSA) is 107 Å². The molecule has 1 amide bonds. The van der Waals surface area contributed by atoms with Gasteiger partial charge in [0.1, 0.15) is 10.6 Å². The van der Waals surface area contributed by atoms with E-state index >= 15 is 0 Å². The minimum Gasteiger partial charge on any atom is -0.496 e. The van der Waals surface area contributed by atoms with Crippen molar-refractivity contribution in [1.29, 1.82) is 0 Å². The van der Waals surface area contributed by atoms with Crippen LogP contribution in [0, 0.1) is 0 Å². The molecule has 3 N–H and O–H groups in total. The van der Waals surface area contributed by atoms with Crippen molar-refractivity contribution in [2.75, 3.05) is 45.2 Å². The van der Waals surface area contributed by atoms with Crippen molar-refractivity contribution in [2.45, 2.75) is 6.23 Å². The van der Waals surface area contributed by atoms with Crippen LogP contribution in [0.3, 0.4) is 0 Å². The van der Waals surface area contributed by atoms with Gasteiger partial charge in [-0.15, -0.1) is 11.3 Å². The molecule has 3 aromatic heterocycles. The van der Waals surface area contributed by atoms with Gasteiger partial charge in [0.15, 0.2) is 6.23 Å². The number of hydrogen-bond donors (Lipinski definition) is 3. The number of piperazine rings is 1. The van der Waals surface area contributed by atoms with Gasteiger partial charge in [-0.2, -0.15) is 0 Å². The van der Waals surface area contributed by atoms with Gasteiger partial charge < -0.3 is 29.9 Å². The van der Waals surface area contributed by atoms with E-state index in [0.717, 1.165) is 42.0 Å². The van der Waals surface area contributed by atoms with E-state index in [1.807, 2.05) is 35.8 Å². The standard InChI is InChI=1S/C24H24N6O3S/c1-29-7-9-30(10-8-29)24-26-15-4-3-5-16(33-2)18(15)20(27-24)19-17(21(31)28-22(19)32)14-12-25-23-13(14)6-11-34-23/h3-6,11-12,22,25,32H,7-10H2,1-2H3,(H,28,31). The third kappa shape index (κ3) is 3.25. The van der Waals surface area contributed by atoms with Gasteiger partial charge in [-0.1, -0.05) is 6.07 Å². The molecule has 0 aliphatic carbocycles. The monoisotopic (exact) mass is 476 g/mol. The molecule has 6 rings (SSSR count). The van der Waals surface area contributed by atoms with E-state index in [1.165, 1.54) is 0 Å². The number of nitrogens with zero attached hydrogens (tertiary/aromatic N) is 4. The number of hydrogen-bond acceptors (Lipinski definition) is 8. The van der Waals surface area contributed by atoms with E-state index in [-0.39, 0.29) is 5.91 Å². The molecule has 9 nitrogen and oxygen atoms in total. The molecule has 1 fully saturated rings. The van der Waals surface area contributed by atoms with Crippen LogP contribution in [0.25, 0.3) is 32.3 Å². The average molecular weight is 477 g/mol. The highest BCUT2D eigenvalue weighted by Crippen LogP contribution is 2.41. The van der Waals surface area contributed by atoms with E-state index in [9.17, 15) is 9.90 Å². The van der Waals surface area contributed by atoms with Crippen LogP contribution in [0.5, 0.6) is 5.75 Å². The number of H-pyrrole nitrogens is 1. The van der Waals surface area contributed by atoms with Gasteiger partial charge in [-0.3, -0.25) is 4.79 Å². The third-order valence-electron chi connectivity index (χ3n) is 6.54. The van der Waals surface area contributed by atoms with Crippen LogP contribution in [-0.4, -0.2) is 77.4 Å². The van der Waals surface area contributed by atoms with Crippen molar-refractivity contribution >= 4 is 55.5 Å². The SMILES string of the molecule is COc1cccc2nc(N3CCN(C)CC3)nc(C3=C(c4c[nH]c5sccc45)C(=O)NC3O)c12. The largest absolute Gasteiger partial charge is 0.496 e. The highest BCUT2D eigenvalue weighted by Gasteiger charge is 2.36. The number of aliphatic hydroxyl groups is 1. The third-order valence-corrected chi connectivity index (χ3v) is 7.39. The fourth-order valence-corrected chi connectivity index (χ4v) is 5.52. The fraction of sp³-hybridized carbons (Fsp3) is 0.292. The summed E-state index contributed by atoms with van der Waals surface area (Å²) in [5.41, 5.74) is 2.79. The van der Waals surface area contributed by atoms with E-state index in [0.29, 0.717) is 39.4 Å². The van der Waals surface area contributed by atoms with Crippen LogP contribution in [-0.2, 0) is 4.79 Å². The molecule has 5 heterocycles. The number of fused-ring (bicyclic) bond motifs is 2. The van der Waals surface area contributed by atoms with E-state index < -0.39 is 6.23 Å². The molecule has 2 aliphatic rings. The molecule has 0 spiro atoms. The predicted molar refractivity (Wildman–Crippen MR) is 133 cm³/mol. The average Bonchev–Trinajstić information content (AvgIpc) is 3.53. The summed E-state index contributed by atoms with van der Waals surface area (Å²) in [6.07, 6.45) is 0.616. The molecule has 1 unspecified atom stereocenters. The molecule has 0 bridgehead atoms. The highest BCUT2D eigenvalue weighted by molar-refractivity contribution is 7.16. The van der Waals surface area contributed by atoms with Gasteiger partial charge in [-0.25, -0.2) is 9.97 Å². The maximum Gasteiger partial charge on any atom is 0.254 e. The first-order valence-corrected chi connectivity index (χ1v) is 12.0. The van der Waals surface area contributed by atoms with E-state index in [4.69, 9.17) is 14.7 Å². The first-order valence-electron chi connectivity index (χ1n) is 11.1. The molecule has 0 saturated carbocycles. The minimum absolute atomic E-state index is 0.336. The molecule has 34 heavy (non-hydrogen) atoms. The lowest BCUT2D eigenvalue weighted by Crippen LogP contribution is -2.45. The second-order valence-electron chi connectivity index (χ2n) is 8.55. The number of thiophene rings is 1. The van der Waals surface area contributed by atoms with Gasteiger partial charge in [0, 0.05) is 48.9 Å². The summed E-state index contributed by atoms with van der Waals surface area (Å²) < 4.78 is 5.66. The Balaban J connectivity index is 1.63. The Morgan fingerprint density at radius 1 is 1.18 bits per heavy atom. The number of aromatic nitrogens is 3. The number of nitrogens with one attached hydrogen (secondary N) is 2. The molecule has 10 heteroatoms. The maximum absolute atomic E-state index is 13.1. The van der Waals surface area contributed by atoms with E-state index in [1.54, 1.807) is 18.4 Å². The second kappa shape index (κ2) is 8.08. The lowest BCUT2D eigenvalue weighted by molar-refractivity contribution is -0.116. The van der Waals surface area contributed by atoms with Crippen molar-refractivity contribution in [2.24, 2.45) is 0 Å². The Hall–Kier alpha value is -3.47. The van der Waals surface area contributed by atoms with Crippen molar-refractivity contribution in [3.8, 4) is 5.75 Å². The fourth-order valence-electron chi connectivity index (χ4n) is 4.75. The second-order valence-corrected chi connectivity index (χ2v) is 9.46. The molecule has 1 atom stereocenters. The van der Waals surface area contributed by atoms with E-state index in [2.05, 4.69) is 27.1 Å². The predicted octanol–water partition coefficient (Wildman–Crippen LogP) is 2.29. The minimum atomic E-state index is -1.20.